The summed E-state index contributed by atoms with van der Waals surface area (Å²) in [7, 11) is 0. The summed E-state index contributed by atoms with van der Waals surface area (Å²) in [5, 5.41) is 9.00. The number of furan rings is 1. The molecule has 1 amide bonds. The van der Waals surface area contributed by atoms with Gasteiger partial charge < -0.3 is 9.52 Å². The van der Waals surface area contributed by atoms with E-state index < -0.39 is 5.97 Å². The standard InChI is InChI=1S/C13H11NO5S2/c15-9-4-10-14(9)11(12(16)17)7(5-20-10)6-21-13(18)8-2-1-3-19-8/h1-3,10H,4-6H2,(H,16,17). The molecule has 1 unspecified atom stereocenters. The molecule has 3 rings (SSSR count). The molecule has 0 bridgehead atoms. The number of amides is 1. The third kappa shape index (κ3) is 2.60. The molecule has 110 valence electrons. The number of fused-ring (bicyclic) bond motifs is 1. The zero-order chi connectivity index (χ0) is 15.0. The van der Waals surface area contributed by atoms with Crippen molar-refractivity contribution in [3.63, 3.8) is 0 Å². The molecule has 1 saturated heterocycles. The third-order valence-corrected chi connectivity index (χ3v) is 5.47. The summed E-state index contributed by atoms with van der Waals surface area (Å²) >= 11 is 2.52. The summed E-state index contributed by atoms with van der Waals surface area (Å²) in [6.07, 6.45) is 1.79. The molecule has 0 spiro atoms. The van der Waals surface area contributed by atoms with E-state index in [1.54, 1.807) is 12.1 Å². The van der Waals surface area contributed by atoms with Crippen molar-refractivity contribution in [3.8, 4) is 0 Å². The minimum absolute atomic E-state index is 0.0368. The SMILES string of the molecule is O=C(O)C1=C(CSC(=O)c2ccco2)CSC2CC(=O)N12. The zero-order valence-corrected chi connectivity index (χ0v) is 12.4. The van der Waals surface area contributed by atoms with Gasteiger partial charge in [-0.05, 0) is 17.7 Å². The molecule has 1 atom stereocenters. The van der Waals surface area contributed by atoms with Crippen LogP contribution in [0.25, 0.3) is 0 Å². The molecule has 6 nitrogen and oxygen atoms in total. The van der Waals surface area contributed by atoms with Gasteiger partial charge in [-0.3, -0.25) is 14.5 Å². The van der Waals surface area contributed by atoms with E-state index in [1.165, 1.54) is 22.9 Å². The van der Waals surface area contributed by atoms with Crippen molar-refractivity contribution in [2.45, 2.75) is 11.8 Å². The fraction of sp³-hybridized carbons (Fsp3) is 0.308. The number of carbonyl (C=O) groups excluding carboxylic acids is 2. The second-order valence-electron chi connectivity index (χ2n) is 4.54. The van der Waals surface area contributed by atoms with Gasteiger partial charge in [-0.25, -0.2) is 4.79 Å². The van der Waals surface area contributed by atoms with Crippen LogP contribution in [0.1, 0.15) is 17.0 Å². The Labute approximate surface area is 128 Å². The second-order valence-corrected chi connectivity index (χ2v) is 6.66. The van der Waals surface area contributed by atoms with Gasteiger partial charge in [-0.15, -0.1) is 11.8 Å². The van der Waals surface area contributed by atoms with Crippen LogP contribution in [0.5, 0.6) is 0 Å². The molecule has 2 aliphatic rings. The van der Waals surface area contributed by atoms with Crippen LogP contribution in [0.4, 0.5) is 0 Å². The first-order chi connectivity index (χ1) is 10.1. The Morgan fingerprint density at radius 1 is 1.52 bits per heavy atom. The monoisotopic (exact) mass is 325 g/mol. The number of aliphatic carboxylic acids is 1. The lowest BCUT2D eigenvalue weighted by Gasteiger charge is -2.43. The molecule has 8 heteroatoms. The molecule has 2 aliphatic heterocycles. The lowest BCUT2D eigenvalue weighted by molar-refractivity contribution is -0.146. The Morgan fingerprint density at radius 3 is 2.95 bits per heavy atom. The number of carboxylic acids is 1. The molecule has 1 fully saturated rings. The summed E-state index contributed by atoms with van der Waals surface area (Å²) in [5.41, 5.74) is 0.636. The van der Waals surface area contributed by atoms with Gasteiger partial charge in [0, 0.05) is 11.5 Å². The molecule has 1 N–H and O–H groups in total. The number of thioether (sulfide) groups is 2. The minimum atomic E-state index is -1.12. The summed E-state index contributed by atoms with van der Waals surface area (Å²) in [6.45, 7) is 0. The van der Waals surface area contributed by atoms with Gasteiger partial charge in [0.05, 0.1) is 18.1 Å². The highest BCUT2D eigenvalue weighted by atomic mass is 32.2. The van der Waals surface area contributed by atoms with Crippen molar-refractivity contribution in [2.24, 2.45) is 0 Å². The number of carboxylic acid groups (broad SMARTS) is 1. The number of carbonyl (C=O) groups is 3. The van der Waals surface area contributed by atoms with Crippen LogP contribution in [-0.4, -0.2) is 43.9 Å². The smallest absolute Gasteiger partial charge is 0.352 e. The summed E-state index contributed by atoms with van der Waals surface area (Å²) in [6, 6.07) is 3.18. The van der Waals surface area contributed by atoms with Crippen LogP contribution >= 0.6 is 23.5 Å². The molecule has 0 aliphatic carbocycles. The average molecular weight is 325 g/mol. The largest absolute Gasteiger partial charge is 0.477 e. The van der Waals surface area contributed by atoms with Gasteiger partial charge in [-0.1, -0.05) is 11.8 Å². The normalized spacial score (nSPS) is 21.0. The van der Waals surface area contributed by atoms with Crippen molar-refractivity contribution in [3.05, 3.63) is 35.4 Å². The third-order valence-electron chi connectivity index (χ3n) is 3.23. The van der Waals surface area contributed by atoms with Crippen molar-refractivity contribution < 1.29 is 23.9 Å². The highest BCUT2D eigenvalue weighted by Gasteiger charge is 2.45. The van der Waals surface area contributed by atoms with Gasteiger partial charge in [0.15, 0.2) is 5.76 Å². The highest BCUT2D eigenvalue weighted by Crippen LogP contribution is 2.40. The summed E-state index contributed by atoms with van der Waals surface area (Å²) < 4.78 is 5.00. The first kappa shape index (κ1) is 14.3. The Morgan fingerprint density at radius 2 is 2.33 bits per heavy atom. The number of β-lactam (4-membered cyclic amide) rings is 1. The molecule has 3 heterocycles. The van der Waals surface area contributed by atoms with Crippen LogP contribution in [0.3, 0.4) is 0 Å². The molecule has 0 aromatic carbocycles. The van der Waals surface area contributed by atoms with E-state index in [-0.39, 0.29) is 33.6 Å². The summed E-state index contributed by atoms with van der Waals surface area (Å²) in [4.78, 5) is 36.2. The second kappa shape index (κ2) is 5.61. The minimum Gasteiger partial charge on any atom is -0.477 e. The van der Waals surface area contributed by atoms with Crippen LogP contribution < -0.4 is 0 Å². The van der Waals surface area contributed by atoms with Crippen LogP contribution in [0.15, 0.2) is 34.1 Å². The van der Waals surface area contributed by atoms with Crippen LogP contribution in [0.2, 0.25) is 0 Å². The van der Waals surface area contributed by atoms with Gasteiger partial charge in [-0.2, -0.15) is 0 Å². The van der Waals surface area contributed by atoms with E-state index in [2.05, 4.69) is 0 Å². The van der Waals surface area contributed by atoms with Gasteiger partial charge in [0.25, 0.3) is 5.12 Å². The van der Waals surface area contributed by atoms with E-state index in [1.807, 2.05) is 0 Å². The van der Waals surface area contributed by atoms with Crippen molar-refractivity contribution in [1.82, 2.24) is 4.90 Å². The van der Waals surface area contributed by atoms with Gasteiger partial charge >= 0.3 is 5.97 Å². The Hall–Kier alpha value is -1.67. The number of hydrogen-bond donors (Lipinski definition) is 1. The van der Waals surface area contributed by atoms with Crippen molar-refractivity contribution in [2.75, 3.05) is 11.5 Å². The molecular formula is C13H11NO5S2. The zero-order valence-electron chi connectivity index (χ0n) is 10.8. The van der Waals surface area contributed by atoms with Gasteiger partial charge in [0.1, 0.15) is 5.70 Å². The Kier molecular flexibility index (Phi) is 3.81. The molecule has 1 aromatic heterocycles. The maximum absolute atomic E-state index is 11.9. The predicted octanol–water partition coefficient (Wildman–Crippen LogP) is 1.80. The molecular weight excluding hydrogens is 314 g/mol. The quantitative estimate of drug-likeness (QED) is 0.844. The first-order valence-electron chi connectivity index (χ1n) is 6.17. The van der Waals surface area contributed by atoms with Gasteiger partial charge in [0.2, 0.25) is 5.91 Å². The maximum atomic E-state index is 11.9. The Bertz CT molecular complexity index is 637. The highest BCUT2D eigenvalue weighted by molar-refractivity contribution is 8.14. The van der Waals surface area contributed by atoms with Crippen LogP contribution in [0, 0.1) is 0 Å². The van der Waals surface area contributed by atoms with E-state index in [4.69, 9.17) is 4.42 Å². The van der Waals surface area contributed by atoms with Crippen molar-refractivity contribution >= 4 is 40.5 Å². The fourth-order valence-electron chi connectivity index (χ4n) is 2.21. The predicted molar refractivity (Wildman–Crippen MR) is 77.9 cm³/mol. The fourth-order valence-corrected chi connectivity index (χ4v) is 4.40. The number of nitrogens with zero attached hydrogens (tertiary/aromatic N) is 1. The van der Waals surface area contributed by atoms with Crippen LogP contribution in [-0.2, 0) is 9.59 Å². The topological polar surface area (TPSA) is 87.8 Å². The van der Waals surface area contributed by atoms with E-state index >= 15 is 0 Å². The van der Waals surface area contributed by atoms with E-state index in [9.17, 15) is 19.5 Å². The number of rotatable bonds is 4. The molecule has 21 heavy (non-hydrogen) atoms. The lowest BCUT2D eigenvalue weighted by Crippen LogP contribution is -2.54. The van der Waals surface area contributed by atoms with E-state index in [0.29, 0.717) is 17.7 Å². The maximum Gasteiger partial charge on any atom is 0.352 e. The molecule has 0 saturated carbocycles. The van der Waals surface area contributed by atoms with E-state index in [0.717, 1.165) is 11.8 Å². The number of hydrogen-bond acceptors (Lipinski definition) is 6. The summed E-state index contributed by atoms with van der Waals surface area (Å²) in [5.74, 6) is -0.295. The Balaban J connectivity index is 1.76. The van der Waals surface area contributed by atoms with Crippen molar-refractivity contribution in [1.29, 1.82) is 0 Å². The first-order valence-corrected chi connectivity index (χ1v) is 8.21. The average Bonchev–Trinajstić information content (AvgIpc) is 2.97. The molecule has 1 aromatic rings. The lowest BCUT2D eigenvalue weighted by atomic mass is 10.1. The molecule has 0 radical (unpaired) electrons.